The molecule has 1 atom stereocenters. The standard InChI is InChI=1S/C24H21ClN4O4S/c1-14(30)20-11-18(17-5-3-4-6-21(17)32-2)19(12-26-20)22(31)27-23-28-29-24(34-23)33-13-15-7-9-16(25)10-8-15/h3-12,14,30H,13H2,1-2H3,(H,27,28,31)/t14-/m0/s1. The van der Waals surface area contributed by atoms with Crippen molar-refractivity contribution in [2.45, 2.75) is 19.6 Å². The van der Waals surface area contributed by atoms with E-state index in [1.54, 1.807) is 38.3 Å². The van der Waals surface area contributed by atoms with Crippen LogP contribution in [0.4, 0.5) is 5.13 Å². The van der Waals surface area contributed by atoms with Gasteiger partial charge in [0.1, 0.15) is 12.4 Å². The topological polar surface area (TPSA) is 106 Å². The van der Waals surface area contributed by atoms with Gasteiger partial charge in [-0.15, -0.1) is 5.10 Å². The molecule has 0 fully saturated rings. The molecule has 2 heterocycles. The molecule has 0 unspecified atom stereocenters. The third kappa shape index (κ3) is 5.51. The normalized spacial score (nSPS) is 11.6. The van der Waals surface area contributed by atoms with Crippen molar-refractivity contribution in [2.24, 2.45) is 0 Å². The van der Waals surface area contributed by atoms with Crippen LogP contribution in [0.15, 0.2) is 60.8 Å². The summed E-state index contributed by atoms with van der Waals surface area (Å²) in [4.78, 5) is 17.4. The van der Waals surface area contributed by atoms with Gasteiger partial charge in [0.15, 0.2) is 0 Å². The quantitative estimate of drug-likeness (QED) is 0.347. The van der Waals surface area contributed by atoms with Gasteiger partial charge in [-0.05, 0) is 48.1 Å². The molecule has 10 heteroatoms. The van der Waals surface area contributed by atoms with Crippen molar-refractivity contribution in [1.82, 2.24) is 15.2 Å². The van der Waals surface area contributed by atoms with E-state index in [2.05, 4.69) is 20.5 Å². The number of aliphatic hydroxyl groups is 1. The number of aromatic nitrogens is 3. The van der Waals surface area contributed by atoms with Crippen molar-refractivity contribution in [3.8, 4) is 22.1 Å². The Balaban J connectivity index is 1.54. The highest BCUT2D eigenvalue weighted by atomic mass is 35.5. The van der Waals surface area contributed by atoms with E-state index in [1.807, 2.05) is 30.3 Å². The van der Waals surface area contributed by atoms with E-state index in [1.165, 1.54) is 6.20 Å². The van der Waals surface area contributed by atoms with Crippen molar-refractivity contribution in [3.63, 3.8) is 0 Å². The number of benzene rings is 2. The number of rotatable bonds is 8. The van der Waals surface area contributed by atoms with Gasteiger partial charge < -0.3 is 14.6 Å². The molecule has 0 aliphatic rings. The van der Waals surface area contributed by atoms with E-state index in [9.17, 15) is 9.90 Å². The number of pyridine rings is 1. The third-order valence-corrected chi connectivity index (χ3v) is 5.90. The fraction of sp³-hybridized carbons (Fsp3) is 0.167. The summed E-state index contributed by atoms with van der Waals surface area (Å²) in [6.45, 7) is 1.91. The largest absolute Gasteiger partial charge is 0.496 e. The highest BCUT2D eigenvalue weighted by Crippen LogP contribution is 2.34. The Hall–Kier alpha value is -3.53. The number of para-hydroxylation sites is 1. The molecule has 0 saturated heterocycles. The highest BCUT2D eigenvalue weighted by molar-refractivity contribution is 7.17. The van der Waals surface area contributed by atoms with Crippen LogP contribution in [0.1, 0.15) is 34.6 Å². The minimum atomic E-state index is -0.797. The van der Waals surface area contributed by atoms with Crippen LogP contribution in [0.5, 0.6) is 10.9 Å². The monoisotopic (exact) mass is 496 g/mol. The lowest BCUT2D eigenvalue weighted by Crippen LogP contribution is -2.14. The number of carbonyl (C=O) groups is 1. The van der Waals surface area contributed by atoms with E-state index in [0.717, 1.165) is 16.9 Å². The second kappa shape index (κ2) is 10.6. The fourth-order valence-electron chi connectivity index (χ4n) is 3.18. The molecule has 0 aliphatic carbocycles. The summed E-state index contributed by atoms with van der Waals surface area (Å²) in [6.07, 6.45) is 0.632. The number of aliphatic hydroxyl groups excluding tert-OH is 1. The molecule has 0 saturated carbocycles. The molecule has 8 nitrogen and oxygen atoms in total. The number of ether oxygens (including phenoxy) is 2. The first-order valence-corrected chi connectivity index (χ1v) is 11.5. The Morgan fingerprint density at radius 1 is 1.15 bits per heavy atom. The summed E-state index contributed by atoms with van der Waals surface area (Å²) in [6, 6.07) is 16.3. The fourth-order valence-corrected chi connectivity index (χ4v) is 3.90. The zero-order chi connectivity index (χ0) is 24.1. The van der Waals surface area contributed by atoms with Gasteiger partial charge >= 0.3 is 0 Å². The van der Waals surface area contributed by atoms with Crippen LogP contribution in [-0.2, 0) is 6.61 Å². The van der Waals surface area contributed by atoms with Crippen LogP contribution in [0.3, 0.4) is 0 Å². The smallest absolute Gasteiger partial charge is 0.296 e. The van der Waals surface area contributed by atoms with E-state index in [4.69, 9.17) is 21.1 Å². The first-order chi connectivity index (χ1) is 16.4. The number of hydrogen-bond donors (Lipinski definition) is 2. The summed E-state index contributed by atoms with van der Waals surface area (Å²) in [5, 5.41) is 22.0. The number of hydrogen-bond acceptors (Lipinski definition) is 8. The van der Waals surface area contributed by atoms with Crippen LogP contribution in [0, 0.1) is 0 Å². The van der Waals surface area contributed by atoms with Gasteiger partial charge in [0, 0.05) is 22.3 Å². The zero-order valence-electron chi connectivity index (χ0n) is 18.4. The summed E-state index contributed by atoms with van der Waals surface area (Å²) >= 11 is 7.01. The lowest BCUT2D eigenvalue weighted by atomic mass is 9.98. The Kier molecular flexibility index (Phi) is 7.36. The van der Waals surface area contributed by atoms with Gasteiger partial charge in [0.25, 0.3) is 11.1 Å². The van der Waals surface area contributed by atoms with Crippen molar-refractivity contribution >= 4 is 34.0 Å². The number of nitrogens with zero attached hydrogens (tertiary/aromatic N) is 3. The van der Waals surface area contributed by atoms with Crippen molar-refractivity contribution < 1.29 is 19.4 Å². The summed E-state index contributed by atoms with van der Waals surface area (Å²) in [5.41, 5.74) is 2.93. The SMILES string of the molecule is COc1ccccc1-c1cc([C@H](C)O)ncc1C(=O)Nc1nnc(OCc2ccc(Cl)cc2)s1. The molecule has 2 N–H and O–H groups in total. The average Bonchev–Trinajstić information content (AvgIpc) is 3.30. The van der Waals surface area contributed by atoms with Gasteiger partial charge in [0.2, 0.25) is 5.13 Å². The van der Waals surface area contributed by atoms with Crippen LogP contribution >= 0.6 is 22.9 Å². The molecule has 34 heavy (non-hydrogen) atoms. The Labute approximate surface area is 205 Å². The average molecular weight is 497 g/mol. The van der Waals surface area contributed by atoms with Gasteiger partial charge in [-0.1, -0.05) is 47.0 Å². The molecular formula is C24H21ClN4O4S. The van der Waals surface area contributed by atoms with Gasteiger partial charge in [-0.25, -0.2) is 0 Å². The molecule has 0 aliphatic heterocycles. The second-order valence-electron chi connectivity index (χ2n) is 7.27. The summed E-state index contributed by atoms with van der Waals surface area (Å²) in [7, 11) is 1.56. The zero-order valence-corrected chi connectivity index (χ0v) is 19.9. The second-order valence-corrected chi connectivity index (χ2v) is 8.65. The molecule has 2 aromatic carbocycles. The minimum absolute atomic E-state index is 0.279. The molecule has 174 valence electrons. The number of halogens is 1. The van der Waals surface area contributed by atoms with E-state index in [0.29, 0.717) is 45.0 Å². The number of carbonyl (C=O) groups excluding carboxylic acids is 1. The number of nitrogens with one attached hydrogen (secondary N) is 1. The molecule has 4 rings (SSSR count). The molecular weight excluding hydrogens is 476 g/mol. The first kappa shape index (κ1) is 23.6. The van der Waals surface area contributed by atoms with Crippen LogP contribution < -0.4 is 14.8 Å². The number of methoxy groups -OCH3 is 1. The third-order valence-electron chi connectivity index (χ3n) is 4.90. The molecule has 2 aromatic heterocycles. The minimum Gasteiger partial charge on any atom is -0.496 e. The lowest BCUT2D eigenvalue weighted by molar-refractivity contribution is 0.102. The van der Waals surface area contributed by atoms with Crippen LogP contribution in [-0.4, -0.2) is 33.3 Å². The van der Waals surface area contributed by atoms with Crippen molar-refractivity contribution in [2.75, 3.05) is 12.4 Å². The molecule has 4 aromatic rings. The Bertz CT molecular complexity index is 1290. The molecule has 0 radical (unpaired) electrons. The lowest BCUT2D eigenvalue weighted by Gasteiger charge is -2.14. The summed E-state index contributed by atoms with van der Waals surface area (Å²) in [5.74, 6) is 0.166. The Morgan fingerprint density at radius 3 is 2.65 bits per heavy atom. The number of amides is 1. The van der Waals surface area contributed by atoms with Crippen LogP contribution in [0.2, 0.25) is 5.02 Å². The van der Waals surface area contributed by atoms with Gasteiger partial charge in [-0.2, -0.15) is 0 Å². The van der Waals surface area contributed by atoms with E-state index in [-0.39, 0.29) is 5.13 Å². The molecule has 0 spiro atoms. The van der Waals surface area contributed by atoms with Crippen molar-refractivity contribution in [1.29, 1.82) is 0 Å². The summed E-state index contributed by atoms with van der Waals surface area (Å²) < 4.78 is 11.1. The highest BCUT2D eigenvalue weighted by Gasteiger charge is 2.20. The maximum Gasteiger partial charge on any atom is 0.296 e. The van der Waals surface area contributed by atoms with Crippen molar-refractivity contribution in [3.05, 3.63) is 82.6 Å². The maximum absolute atomic E-state index is 13.1. The number of anilines is 1. The van der Waals surface area contributed by atoms with Crippen LogP contribution in [0.25, 0.3) is 11.1 Å². The maximum atomic E-state index is 13.1. The molecule has 1 amide bonds. The van der Waals surface area contributed by atoms with E-state index >= 15 is 0 Å². The predicted octanol–water partition coefficient (Wildman–Crippen LogP) is 5.15. The van der Waals surface area contributed by atoms with E-state index < -0.39 is 12.0 Å². The Morgan fingerprint density at radius 2 is 1.91 bits per heavy atom. The molecule has 0 bridgehead atoms. The first-order valence-electron chi connectivity index (χ1n) is 10.3. The van der Waals surface area contributed by atoms with Gasteiger partial charge in [-0.3, -0.25) is 15.1 Å². The van der Waals surface area contributed by atoms with Gasteiger partial charge in [0.05, 0.1) is 24.5 Å². The predicted molar refractivity (Wildman–Crippen MR) is 131 cm³/mol.